The lowest BCUT2D eigenvalue weighted by Gasteiger charge is -2.27. The maximum Gasteiger partial charge on any atom is 0.262 e. The molecule has 2 heterocycles. The Bertz CT molecular complexity index is 856. The number of carbonyl (C=O) groups excluding carboxylic acids is 4. The molecule has 7 nitrogen and oxygen atoms in total. The van der Waals surface area contributed by atoms with Gasteiger partial charge in [0.05, 0.1) is 11.1 Å². The molecule has 8 heteroatoms. The van der Waals surface area contributed by atoms with Crippen molar-refractivity contribution in [2.24, 2.45) is 5.73 Å². The molecule has 1 aromatic carbocycles. The highest BCUT2D eigenvalue weighted by atomic mass is 35.5. The lowest BCUT2D eigenvalue weighted by molar-refractivity contribution is -0.136. The van der Waals surface area contributed by atoms with Crippen molar-refractivity contribution in [3.63, 3.8) is 0 Å². The smallest absolute Gasteiger partial charge is 0.262 e. The van der Waals surface area contributed by atoms with Crippen LogP contribution in [0.1, 0.15) is 58.4 Å². The third-order valence-corrected chi connectivity index (χ3v) is 4.43. The monoisotopic (exact) mass is 389 g/mol. The first kappa shape index (κ1) is 20.6. The summed E-state index contributed by atoms with van der Waals surface area (Å²) in [6.07, 6.45) is 2.78. The fourth-order valence-electron chi connectivity index (χ4n) is 3.07. The minimum Gasteiger partial charge on any atom is -0.330 e. The van der Waals surface area contributed by atoms with Crippen molar-refractivity contribution in [2.75, 3.05) is 6.54 Å². The molecule has 1 saturated heterocycles. The number of rotatable bonds is 4. The minimum absolute atomic E-state index is 0. The number of fused-ring (bicyclic) bond motifs is 1. The van der Waals surface area contributed by atoms with E-state index in [-0.39, 0.29) is 36.4 Å². The van der Waals surface area contributed by atoms with E-state index >= 15 is 0 Å². The number of carbonyl (C=O) groups is 4. The van der Waals surface area contributed by atoms with E-state index in [2.05, 4.69) is 17.2 Å². The first-order valence-corrected chi connectivity index (χ1v) is 8.57. The summed E-state index contributed by atoms with van der Waals surface area (Å²) in [5.41, 5.74) is 6.58. The summed E-state index contributed by atoms with van der Waals surface area (Å²) < 4.78 is 0. The van der Waals surface area contributed by atoms with E-state index in [0.717, 1.165) is 17.7 Å². The molecule has 1 aromatic rings. The van der Waals surface area contributed by atoms with Crippen molar-refractivity contribution in [3.05, 3.63) is 34.9 Å². The number of nitrogens with zero attached hydrogens (tertiary/aromatic N) is 1. The van der Waals surface area contributed by atoms with Crippen molar-refractivity contribution < 1.29 is 19.2 Å². The van der Waals surface area contributed by atoms with Gasteiger partial charge in [-0.05, 0) is 44.0 Å². The van der Waals surface area contributed by atoms with Gasteiger partial charge in [0.25, 0.3) is 11.8 Å². The molecule has 142 valence electrons. The molecule has 0 saturated carbocycles. The zero-order valence-electron chi connectivity index (χ0n) is 14.6. The number of imide groups is 2. The van der Waals surface area contributed by atoms with Crippen LogP contribution >= 0.6 is 12.4 Å². The summed E-state index contributed by atoms with van der Waals surface area (Å²) in [6, 6.07) is 3.88. The van der Waals surface area contributed by atoms with Gasteiger partial charge in [0.2, 0.25) is 11.8 Å². The molecule has 1 atom stereocenters. The average Bonchev–Trinajstić information content (AvgIpc) is 2.86. The van der Waals surface area contributed by atoms with Crippen LogP contribution < -0.4 is 11.1 Å². The van der Waals surface area contributed by atoms with E-state index in [0.29, 0.717) is 18.5 Å². The zero-order valence-corrected chi connectivity index (χ0v) is 15.4. The van der Waals surface area contributed by atoms with Crippen LogP contribution in [0.3, 0.4) is 0 Å². The second kappa shape index (κ2) is 8.80. The average molecular weight is 390 g/mol. The Labute approximate surface area is 163 Å². The Morgan fingerprint density at radius 2 is 1.85 bits per heavy atom. The van der Waals surface area contributed by atoms with Gasteiger partial charge in [0, 0.05) is 18.4 Å². The summed E-state index contributed by atoms with van der Waals surface area (Å²) in [4.78, 5) is 49.5. The summed E-state index contributed by atoms with van der Waals surface area (Å²) >= 11 is 0. The number of piperidine rings is 1. The van der Waals surface area contributed by atoms with Crippen LogP contribution in [0.4, 0.5) is 0 Å². The fraction of sp³-hybridized carbons (Fsp3) is 0.368. The van der Waals surface area contributed by atoms with Gasteiger partial charge < -0.3 is 5.73 Å². The second-order valence-electron chi connectivity index (χ2n) is 6.26. The first-order valence-electron chi connectivity index (χ1n) is 8.57. The van der Waals surface area contributed by atoms with Gasteiger partial charge in [-0.15, -0.1) is 12.4 Å². The Morgan fingerprint density at radius 3 is 2.56 bits per heavy atom. The molecule has 0 radical (unpaired) electrons. The van der Waals surface area contributed by atoms with E-state index in [1.165, 1.54) is 0 Å². The van der Waals surface area contributed by atoms with Crippen LogP contribution in [0.15, 0.2) is 18.2 Å². The maximum absolute atomic E-state index is 12.7. The Kier molecular flexibility index (Phi) is 6.72. The lowest BCUT2D eigenvalue weighted by atomic mass is 10.0. The predicted octanol–water partition coefficient (Wildman–Crippen LogP) is 0.990. The molecule has 0 bridgehead atoms. The van der Waals surface area contributed by atoms with Crippen molar-refractivity contribution in [1.29, 1.82) is 0 Å². The molecule has 0 spiro atoms. The summed E-state index contributed by atoms with van der Waals surface area (Å²) in [5.74, 6) is 3.96. The molecular formula is C19H20ClN3O4. The van der Waals surface area contributed by atoms with Gasteiger partial charge >= 0.3 is 0 Å². The molecule has 0 aliphatic carbocycles. The summed E-state index contributed by atoms with van der Waals surface area (Å²) in [7, 11) is 0. The number of nitrogens with one attached hydrogen (secondary N) is 1. The minimum atomic E-state index is -0.953. The highest BCUT2D eigenvalue weighted by Crippen LogP contribution is 2.28. The molecule has 3 N–H and O–H groups in total. The lowest BCUT2D eigenvalue weighted by Crippen LogP contribution is -2.54. The van der Waals surface area contributed by atoms with Gasteiger partial charge in [-0.25, -0.2) is 0 Å². The molecule has 27 heavy (non-hydrogen) atoms. The molecule has 3 rings (SSSR count). The largest absolute Gasteiger partial charge is 0.330 e. The zero-order chi connectivity index (χ0) is 18.7. The number of hydrogen-bond donors (Lipinski definition) is 2. The van der Waals surface area contributed by atoms with Gasteiger partial charge in [0.1, 0.15) is 6.04 Å². The fourth-order valence-corrected chi connectivity index (χ4v) is 3.07. The number of amides is 4. The van der Waals surface area contributed by atoms with E-state index < -0.39 is 29.7 Å². The Morgan fingerprint density at radius 1 is 1.11 bits per heavy atom. The molecule has 2 aliphatic rings. The molecule has 4 amide bonds. The van der Waals surface area contributed by atoms with Crippen molar-refractivity contribution in [2.45, 2.75) is 38.1 Å². The second-order valence-corrected chi connectivity index (χ2v) is 6.26. The van der Waals surface area contributed by atoms with Crippen LogP contribution in [0.5, 0.6) is 0 Å². The normalized spacial score (nSPS) is 18.4. The molecule has 0 aromatic heterocycles. The van der Waals surface area contributed by atoms with Crippen LogP contribution in [-0.4, -0.2) is 41.1 Å². The molecule has 2 aliphatic heterocycles. The number of hydrogen-bond acceptors (Lipinski definition) is 5. The summed E-state index contributed by atoms with van der Waals surface area (Å²) in [6.45, 7) is 0.632. The third-order valence-electron chi connectivity index (χ3n) is 4.43. The molecular weight excluding hydrogens is 370 g/mol. The quantitative estimate of drug-likeness (QED) is 0.453. The number of unbranched alkanes of at least 4 members (excludes halogenated alkanes) is 2. The van der Waals surface area contributed by atoms with Gasteiger partial charge in [-0.3, -0.25) is 29.4 Å². The molecule has 1 unspecified atom stereocenters. The number of benzene rings is 1. The van der Waals surface area contributed by atoms with Crippen molar-refractivity contribution in [3.8, 4) is 11.8 Å². The highest BCUT2D eigenvalue weighted by molar-refractivity contribution is 6.23. The predicted molar refractivity (Wildman–Crippen MR) is 100 cm³/mol. The van der Waals surface area contributed by atoms with E-state index in [4.69, 9.17) is 5.73 Å². The third kappa shape index (κ3) is 4.18. The van der Waals surface area contributed by atoms with Crippen LogP contribution in [-0.2, 0) is 9.59 Å². The maximum atomic E-state index is 12.7. The standard InChI is InChI=1S/C19H19N3O4.ClH/c20-10-4-2-1-3-5-12-6-7-13-14(11-12)19(26)22(18(13)25)15-8-9-16(23)21-17(15)24;/h6-7,11,15H,1-2,4,8-10,20H2,(H,21,23,24);1H. The SMILES string of the molecule is Cl.NCCCCC#Cc1ccc2c(c1)C(=O)N(C1CCC(=O)NC1=O)C2=O. The van der Waals surface area contributed by atoms with Gasteiger partial charge in [-0.1, -0.05) is 11.8 Å². The van der Waals surface area contributed by atoms with E-state index in [9.17, 15) is 19.2 Å². The van der Waals surface area contributed by atoms with Crippen molar-refractivity contribution >= 4 is 36.0 Å². The van der Waals surface area contributed by atoms with Gasteiger partial charge in [0.15, 0.2) is 0 Å². The first-order chi connectivity index (χ1) is 12.5. The number of nitrogens with two attached hydrogens (primary N) is 1. The Balaban J connectivity index is 0.00000261. The topological polar surface area (TPSA) is 110 Å². The van der Waals surface area contributed by atoms with Crippen LogP contribution in [0.25, 0.3) is 0 Å². The van der Waals surface area contributed by atoms with Crippen LogP contribution in [0.2, 0.25) is 0 Å². The molecule has 1 fully saturated rings. The number of halogens is 1. The van der Waals surface area contributed by atoms with E-state index in [1.807, 2.05) is 0 Å². The highest BCUT2D eigenvalue weighted by Gasteiger charge is 2.44. The van der Waals surface area contributed by atoms with Crippen molar-refractivity contribution in [1.82, 2.24) is 10.2 Å². The Hall–Kier alpha value is -2.69. The summed E-state index contributed by atoms with van der Waals surface area (Å²) in [5, 5.41) is 2.17. The van der Waals surface area contributed by atoms with Crippen LogP contribution in [0, 0.1) is 11.8 Å². The van der Waals surface area contributed by atoms with E-state index in [1.54, 1.807) is 18.2 Å². The van der Waals surface area contributed by atoms with Gasteiger partial charge in [-0.2, -0.15) is 0 Å².